The van der Waals surface area contributed by atoms with E-state index in [9.17, 15) is 22.4 Å². The van der Waals surface area contributed by atoms with Gasteiger partial charge in [-0.25, -0.2) is 9.78 Å². The van der Waals surface area contributed by atoms with Crippen LogP contribution in [0.4, 0.5) is 28.0 Å². The second-order valence-electron chi connectivity index (χ2n) is 6.93. The number of anilines is 1. The fraction of sp³-hybridized carbons (Fsp3) is 0.316. The summed E-state index contributed by atoms with van der Waals surface area (Å²) in [6.07, 6.45) is -3.35. The van der Waals surface area contributed by atoms with E-state index in [0.717, 1.165) is 12.1 Å². The molecule has 4 rings (SSSR count). The number of aromatic nitrogens is 3. The smallest absolute Gasteiger partial charge is 0.382 e. The van der Waals surface area contributed by atoms with Crippen LogP contribution in [0.5, 0.6) is 0 Å². The monoisotopic (exact) mass is 459 g/mol. The predicted octanol–water partition coefficient (Wildman–Crippen LogP) is 3.92. The van der Waals surface area contributed by atoms with Crippen molar-refractivity contribution in [3.8, 4) is 0 Å². The SMILES string of the molecule is [2H]C([2H])([2H])NC(=O)N1CC(n2ccc(F)n2)C1CNc1cc(C(F)(F)F)nc2ccc(Cl)cc12. The first kappa shape index (κ1) is 17.6. The summed E-state index contributed by atoms with van der Waals surface area (Å²) in [5.41, 5.74) is -1.01. The lowest BCUT2D eigenvalue weighted by Crippen LogP contribution is -2.63. The number of carbonyl (C=O) groups excluding carboxylic acids is 1. The summed E-state index contributed by atoms with van der Waals surface area (Å²) in [4.78, 5) is 17.3. The van der Waals surface area contributed by atoms with Crippen LogP contribution in [-0.2, 0) is 6.18 Å². The molecule has 2 unspecified atom stereocenters. The fourth-order valence-electron chi connectivity index (χ4n) is 3.54. The molecule has 2 N–H and O–H groups in total. The van der Waals surface area contributed by atoms with Gasteiger partial charge in [0.2, 0.25) is 5.95 Å². The second kappa shape index (κ2) is 7.88. The van der Waals surface area contributed by atoms with Crippen LogP contribution in [0, 0.1) is 5.95 Å². The van der Waals surface area contributed by atoms with Gasteiger partial charge in [-0.2, -0.15) is 17.6 Å². The molecule has 3 heterocycles. The van der Waals surface area contributed by atoms with Gasteiger partial charge in [-0.3, -0.25) is 4.68 Å². The van der Waals surface area contributed by atoms with Gasteiger partial charge in [0, 0.05) is 52.5 Å². The van der Waals surface area contributed by atoms with Crippen molar-refractivity contribution in [2.45, 2.75) is 18.3 Å². The van der Waals surface area contributed by atoms with Gasteiger partial charge in [0.15, 0.2) is 0 Å². The number of pyridine rings is 1. The Balaban J connectivity index is 1.64. The van der Waals surface area contributed by atoms with Gasteiger partial charge in [-0.15, -0.1) is 5.10 Å². The van der Waals surface area contributed by atoms with Crippen molar-refractivity contribution in [3.63, 3.8) is 0 Å². The predicted molar refractivity (Wildman–Crippen MR) is 106 cm³/mol. The molecule has 7 nitrogen and oxygen atoms in total. The molecule has 12 heteroatoms. The van der Waals surface area contributed by atoms with E-state index < -0.39 is 42.9 Å². The highest BCUT2D eigenvalue weighted by Crippen LogP contribution is 2.35. The molecule has 0 aliphatic carbocycles. The maximum absolute atomic E-state index is 13.4. The van der Waals surface area contributed by atoms with Crippen LogP contribution in [0.2, 0.25) is 5.02 Å². The number of hydrogen-bond donors (Lipinski definition) is 2. The maximum atomic E-state index is 13.4. The number of amides is 2. The molecule has 1 aromatic carbocycles. The Morgan fingerprint density at radius 1 is 1.35 bits per heavy atom. The van der Waals surface area contributed by atoms with Crippen molar-refractivity contribution in [1.82, 2.24) is 25.0 Å². The summed E-state index contributed by atoms with van der Waals surface area (Å²) in [6.45, 7) is -2.81. The zero-order valence-corrected chi connectivity index (χ0v) is 16.4. The summed E-state index contributed by atoms with van der Waals surface area (Å²) in [7, 11) is 0. The second-order valence-corrected chi connectivity index (χ2v) is 7.37. The van der Waals surface area contributed by atoms with Crippen LogP contribution in [0.15, 0.2) is 36.5 Å². The van der Waals surface area contributed by atoms with Crippen molar-refractivity contribution in [3.05, 3.63) is 53.2 Å². The minimum Gasteiger partial charge on any atom is -0.382 e. The Kier molecular flexibility index (Phi) is 4.47. The average molecular weight is 460 g/mol. The van der Waals surface area contributed by atoms with Gasteiger partial charge in [0.1, 0.15) is 5.69 Å². The van der Waals surface area contributed by atoms with E-state index in [1.54, 1.807) is 0 Å². The zero-order valence-electron chi connectivity index (χ0n) is 18.6. The molecule has 1 aliphatic rings. The third-order valence-corrected chi connectivity index (χ3v) is 5.31. The first-order valence-corrected chi connectivity index (χ1v) is 9.40. The molecule has 2 aromatic heterocycles. The molecule has 31 heavy (non-hydrogen) atoms. The molecule has 0 bridgehead atoms. The standard InChI is InChI=1S/C19H17ClF4N6O/c1-25-18(31)29-9-15(30-5-4-17(21)28-30)14(29)8-26-13-7-16(19(22,23)24)27-12-3-2-10(20)6-11(12)13/h2-7,14-15H,8-9H2,1H3,(H,25,31)(H,26,27)/i1D3. The molecule has 1 fully saturated rings. The summed E-state index contributed by atoms with van der Waals surface area (Å²) in [6, 6.07) is 3.97. The molecular formula is C19H17ClF4N6O. The summed E-state index contributed by atoms with van der Waals surface area (Å²) in [5, 5.41) is 9.05. The van der Waals surface area contributed by atoms with Crippen LogP contribution in [0.25, 0.3) is 10.9 Å². The van der Waals surface area contributed by atoms with E-state index in [1.807, 2.05) is 5.32 Å². The number of nitrogens with one attached hydrogen (secondary N) is 2. The number of carbonyl (C=O) groups is 1. The van der Waals surface area contributed by atoms with Gasteiger partial charge < -0.3 is 15.5 Å². The van der Waals surface area contributed by atoms with E-state index >= 15 is 0 Å². The molecule has 3 aromatic rings. The number of alkyl halides is 3. The minimum absolute atomic E-state index is 0.0199. The van der Waals surface area contributed by atoms with Crippen molar-refractivity contribution < 1.29 is 26.5 Å². The Hall–Kier alpha value is -3.08. The van der Waals surface area contributed by atoms with Crippen molar-refractivity contribution in [2.75, 3.05) is 25.4 Å². The Labute approximate surface area is 183 Å². The molecule has 0 saturated carbocycles. The van der Waals surface area contributed by atoms with Gasteiger partial charge in [0.25, 0.3) is 0 Å². The number of hydrogen-bond acceptors (Lipinski definition) is 4. The summed E-state index contributed by atoms with van der Waals surface area (Å²) in [5.74, 6) is -0.748. The largest absolute Gasteiger partial charge is 0.433 e. The average Bonchev–Trinajstić information content (AvgIpc) is 3.10. The molecule has 0 spiro atoms. The lowest BCUT2D eigenvalue weighted by molar-refractivity contribution is -0.140. The van der Waals surface area contributed by atoms with E-state index in [-0.39, 0.29) is 29.3 Å². The summed E-state index contributed by atoms with van der Waals surface area (Å²) < 4.78 is 76.6. The van der Waals surface area contributed by atoms with Crippen molar-refractivity contribution in [2.24, 2.45) is 0 Å². The lowest BCUT2D eigenvalue weighted by atomic mass is 9.96. The van der Waals surface area contributed by atoms with E-state index in [2.05, 4.69) is 15.4 Å². The van der Waals surface area contributed by atoms with Crippen molar-refractivity contribution in [1.29, 1.82) is 0 Å². The lowest BCUT2D eigenvalue weighted by Gasteiger charge is -2.47. The van der Waals surface area contributed by atoms with Crippen molar-refractivity contribution >= 4 is 34.2 Å². The number of fused-ring (bicyclic) bond motifs is 1. The molecule has 2 atom stereocenters. The van der Waals surface area contributed by atoms with Crippen LogP contribution in [-0.4, -0.2) is 51.8 Å². The Morgan fingerprint density at radius 2 is 2.16 bits per heavy atom. The molecule has 0 radical (unpaired) electrons. The fourth-order valence-corrected chi connectivity index (χ4v) is 3.72. The molecule has 164 valence electrons. The quantitative estimate of drug-likeness (QED) is 0.580. The zero-order chi connectivity index (χ0) is 24.8. The third kappa shape index (κ3) is 4.09. The molecular weight excluding hydrogens is 440 g/mol. The number of halogens is 5. The molecule has 1 aliphatic heterocycles. The number of rotatable bonds is 4. The topological polar surface area (TPSA) is 75.1 Å². The maximum Gasteiger partial charge on any atom is 0.433 e. The molecule has 1 saturated heterocycles. The Bertz CT molecular complexity index is 1230. The van der Waals surface area contributed by atoms with E-state index in [1.165, 1.54) is 34.0 Å². The normalized spacial score (nSPS) is 20.5. The van der Waals surface area contributed by atoms with Gasteiger partial charge in [-0.05, 0) is 24.3 Å². The first-order valence-electron chi connectivity index (χ1n) is 10.5. The van der Waals surface area contributed by atoms with Gasteiger partial charge in [-0.1, -0.05) is 11.6 Å². The minimum atomic E-state index is -4.71. The first-order chi connectivity index (χ1) is 15.8. The van der Waals surface area contributed by atoms with Crippen LogP contribution >= 0.6 is 11.6 Å². The Morgan fingerprint density at radius 3 is 2.84 bits per heavy atom. The van der Waals surface area contributed by atoms with E-state index in [4.69, 9.17) is 15.7 Å². The summed E-state index contributed by atoms with van der Waals surface area (Å²) >= 11 is 6.01. The van der Waals surface area contributed by atoms with Crippen LogP contribution < -0.4 is 10.6 Å². The van der Waals surface area contributed by atoms with Gasteiger partial charge in [0.05, 0.1) is 17.6 Å². The van der Waals surface area contributed by atoms with Gasteiger partial charge >= 0.3 is 12.2 Å². The number of urea groups is 1. The van der Waals surface area contributed by atoms with E-state index in [0.29, 0.717) is 5.39 Å². The highest BCUT2D eigenvalue weighted by Gasteiger charge is 2.43. The highest BCUT2D eigenvalue weighted by atomic mass is 35.5. The highest BCUT2D eigenvalue weighted by molar-refractivity contribution is 6.31. The van der Waals surface area contributed by atoms with Crippen LogP contribution in [0.1, 0.15) is 15.8 Å². The third-order valence-electron chi connectivity index (χ3n) is 5.07. The molecule has 2 amide bonds. The number of nitrogens with zero attached hydrogens (tertiary/aromatic N) is 4. The number of likely N-dealkylation sites (tertiary alicyclic amines) is 1. The number of benzene rings is 1. The van der Waals surface area contributed by atoms with Crippen LogP contribution in [0.3, 0.4) is 0 Å².